The van der Waals surface area contributed by atoms with Crippen LogP contribution < -0.4 is 16.0 Å². The summed E-state index contributed by atoms with van der Waals surface area (Å²) in [6.07, 6.45) is 0. The smallest absolute Gasteiger partial charge is 0.251 e. The number of carbonyl (C=O) groups is 2. The summed E-state index contributed by atoms with van der Waals surface area (Å²) in [7, 11) is 0. The van der Waals surface area contributed by atoms with E-state index in [9.17, 15) is 9.59 Å². The fourth-order valence-corrected chi connectivity index (χ4v) is 3.71. The highest BCUT2D eigenvalue weighted by Crippen LogP contribution is 2.25. The van der Waals surface area contributed by atoms with E-state index in [1.165, 1.54) is 0 Å². The van der Waals surface area contributed by atoms with E-state index in [-0.39, 0.29) is 24.4 Å². The van der Waals surface area contributed by atoms with Crippen molar-refractivity contribution in [2.75, 3.05) is 18.4 Å². The highest BCUT2D eigenvalue weighted by atomic mass is 32.1. The molecule has 2 aromatic carbocycles. The molecule has 0 unspecified atom stereocenters. The second kappa shape index (κ2) is 9.82. The standard InChI is InChI=1S/C22H23N3O2S/c1-2-23-22(27)17-10-6-11-18(14-17)25-20(26)15-24-21(19-12-7-13-28-19)16-8-4-3-5-9-16/h3-14,21,24H,2,15H2,1H3,(H,23,27)(H,25,26)/t21-/m0/s1. The van der Waals surface area contributed by atoms with Gasteiger partial charge in [0.2, 0.25) is 5.91 Å². The van der Waals surface area contributed by atoms with Crippen molar-refractivity contribution in [2.24, 2.45) is 0 Å². The molecule has 0 aliphatic heterocycles. The maximum absolute atomic E-state index is 12.5. The van der Waals surface area contributed by atoms with Gasteiger partial charge in [-0.15, -0.1) is 11.3 Å². The maximum atomic E-state index is 12.5. The zero-order valence-electron chi connectivity index (χ0n) is 15.6. The largest absolute Gasteiger partial charge is 0.352 e. The number of rotatable bonds is 8. The summed E-state index contributed by atoms with van der Waals surface area (Å²) in [5.74, 6) is -0.316. The number of nitrogens with one attached hydrogen (secondary N) is 3. The molecule has 6 heteroatoms. The molecular formula is C22H23N3O2S. The van der Waals surface area contributed by atoms with Crippen molar-refractivity contribution in [1.82, 2.24) is 10.6 Å². The van der Waals surface area contributed by atoms with Gasteiger partial charge in [-0.2, -0.15) is 0 Å². The number of hydrogen-bond acceptors (Lipinski definition) is 4. The summed E-state index contributed by atoms with van der Waals surface area (Å²) in [5.41, 5.74) is 2.23. The van der Waals surface area contributed by atoms with Crippen molar-refractivity contribution in [3.63, 3.8) is 0 Å². The first kappa shape index (κ1) is 19.8. The van der Waals surface area contributed by atoms with Gasteiger partial charge in [0.05, 0.1) is 12.6 Å². The monoisotopic (exact) mass is 393 g/mol. The zero-order chi connectivity index (χ0) is 19.8. The molecule has 28 heavy (non-hydrogen) atoms. The molecule has 1 heterocycles. The molecule has 0 radical (unpaired) electrons. The lowest BCUT2D eigenvalue weighted by Gasteiger charge is -2.18. The van der Waals surface area contributed by atoms with Crippen molar-refractivity contribution in [1.29, 1.82) is 0 Å². The lowest BCUT2D eigenvalue weighted by atomic mass is 10.1. The van der Waals surface area contributed by atoms with Gasteiger partial charge in [0.1, 0.15) is 0 Å². The Kier molecular flexibility index (Phi) is 6.94. The van der Waals surface area contributed by atoms with Crippen molar-refractivity contribution in [3.8, 4) is 0 Å². The van der Waals surface area contributed by atoms with E-state index in [1.54, 1.807) is 35.6 Å². The third-order valence-electron chi connectivity index (χ3n) is 4.17. The lowest BCUT2D eigenvalue weighted by molar-refractivity contribution is -0.115. The quantitative estimate of drug-likeness (QED) is 0.545. The molecule has 144 valence electrons. The van der Waals surface area contributed by atoms with Gasteiger partial charge in [0, 0.05) is 22.7 Å². The van der Waals surface area contributed by atoms with Crippen molar-refractivity contribution >= 4 is 28.8 Å². The van der Waals surface area contributed by atoms with Gasteiger partial charge in [-0.05, 0) is 42.1 Å². The summed E-state index contributed by atoms with van der Waals surface area (Å²) in [6.45, 7) is 2.58. The number of hydrogen-bond donors (Lipinski definition) is 3. The summed E-state index contributed by atoms with van der Waals surface area (Å²) in [5, 5.41) is 11.0. The first-order valence-corrected chi connectivity index (χ1v) is 10.0. The van der Waals surface area contributed by atoms with Crippen LogP contribution in [0, 0.1) is 0 Å². The summed E-state index contributed by atoms with van der Waals surface area (Å²) in [6, 6.07) is 21.0. The first-order chi connectivity index (χ1) is 13.7. The van der Waals surface area contributed by atoms with Gasteiger partial charge < -0.3 is 10.6 Å². The Hall–Kier alpha value is -2.96. The molecule has 0 aliphatic rings. The van der Waals surface area contributed by atoms with Crippen LogP contribution in [0.15, 0.2) is 72.1 Å². The van der Waals surface area contributed by atoms with Gasteiger partial charge in [-0.1, -0.05) is 42.5 Å². The number of benzene rings is 2. The second-order valence-electron chi connectivity index (χ2n) is 6.23. The van der Waals surface area contributed by atoms with Crippen LogP contribution in [-0.4, -0.2) is 24.9 Å². The predicted molar refractivity (Wildman–Crippen MR) is 114 cm³/mol. The third kappa shape index (κ3) is 5.28. The SMILES string of the molecule is CCNC(=O)c1cccc(NC(=O)CN[C@@H](c2ccccc2)c2cccs2)c1. The Balaban J connectivity index is 1.64. The molecule has 3 aromatic rings. The van der Waals surface area contributed by atoms with Crippen LogP contribution in [-0.2, 0) is 4.79 Å². The van der Waals surface area contributed by atoms with Gasteiger partial charge in [-0.3, -0.25) is 14.9 Å². The summed E-state index contributed by atoms with van der Waals surface area (Å²) in [4.78, 5) is 25.6. The molecule has 2 amide bonds. The van der Waals surface area contributed by atoms with Crippen LogP contribution in [0.5, 0.6) is 0 Å². The zero-order valence-corrected chi connectivity index (χ0v) is 16.5. The van der Waals surface area contributed by atoms with E-state index in [2.05, 4.69) is 22.0 Å². The average Bonchev–Trinajstić information content (AvgIpc) is 3.24. The maximum Gasteiger partial charge on any atom is 0.251 e. The minimum absolute atomic E-state index is 0.0476. The molecule has 3 rings (SSSR count). The van der Waals surface area contributed by atoms with E-state index in [0.29, 0.717) is 17.8 Å². The van der Waals surface area contributed by atoms with Crippen LogP contribution in [0.25, 0.3) is 0 Å². The molecule has 0 spiro atoms. The normalized spacial score (nSPS) is 11.6. The van der Waals surface area contributed by atoms with E-state index in [4.69, 9.17) is 0 Å². The van der Waals surface area contributed by atoms with Crippen molar-refractivity contribution < 1.29 is 9.59 Å². The molecule has 0 bridgehead atoms. The molecule has 0 fully saturated rings. The van der Waals surface area contributed by atoms with Crippen molar-refractivity contribution in [3.05, 3.63) is 88.1 Å². The topological polar surface area (TPSA) is 70.2 Å². The molecular weight excluding hydrogens is 370 g/mol. The van der Waals surface area contributed by atoms with Crippen LogP contribution in [0.3, 0.4) is 0 Å². The first-order valence-electron chi connectivity index (χ1n) is 9.17. The molecule has 1 aromatic heterocycles. The fourth-order valence-electron chi connectivity index (χ4n) is 2.88. The number of thiophene rings is 1. The molecule has 0 aliphatic carbocycles. The van der Waals surface area contributed by atoms with Crippen molar-refractivity contribution in [2.45, 2.75) is 13.0 Å². The minimum atomic E-state index is -0.162. The molecule has 0 saturated heterocycles. The fraction of sp³-hybridized carbons (Fsp3) is 0.182. The molecule has 3 N–H and O–H groups in total. The van der Waals surface area contributed by atoms with Gasteiger partial charge in [0.25, 0.3) is 5.91 Å². The minimum Gasteiger partial charge on any atom is -0.352 e. The molecule has 5 nitrogen and oxygen atoms in total. The molecule has 0 saturated carbocycles. The number of amides is 2. The summed E-state index contributed by atoms with van der Waals surface area (Å²) >= 11 is 1.65. The van der Waals surface area contributed by atoms with Crippen LogP contribution >= 0.6 is 11.3 Å². The predicted octanol–water partition coefficient (Wildman–Crippen LogP) is 3.82. The number of carbonyl (C=O) groups excluding carboxylic acids is 2. The van der Waals surface area contributed by atoms with E-state index < -0.39 is 0 Å². The van der Waals surface area contributed by atoms with E-state index in [0.717, 1.165) is 10.4 Å². The number of anilines is 1. The van der Waals surface area contributed by atoms with Gasteiger partial charge in [0.15, 0.2) is 0 Å². The van der Waals surface area contributed by atoms with Gasteiger partial charge >= 0.3 is 0 Å². The average molecular weight is 394 g/mol. The van der Waals surface area contributed by atoms with E-state index >= 15 is 0 Å². The van der Waals surface area contributed by atoms with Crippen LogP contribution in [0.4, 0.5) is 5.69 Å². The van der Waals surface area contributed by atoms with Crippen LogP contribution in [0.1, 0.15) is 33.8 Å². The van der Waals surface area contributed by atoms with Gasteiger partial charge in [-0.25, -0.2) is 0 Å². The Morgan fingerprint density at radius 2 is 1.82 bits per heavy atom. The second-order valence-corrected chi connectivity index (χ2v) is 7.21. The Morgan fingerprint density at radius 3 is 2.54 bits per heavy atom. The van der Waals surface area contributed by atoms with Crippen LogP contribution in [0.2, 0.25) is 0 Å². The lowest BCUT2D eigenvalue weighted by Crippen LogP contribution is -2.31. The molecule has 1 atom stereocenters. The third-order valence-corrected chi connectivity index (χ3v) is 5.11. The highest BCUT2D eigenvalue weighted by molar-refractivity contribution is 7.10. The Morgan fingerprint density at radius 1 is 1.00 bits per heavy atom. The Bertz CT molecular complexity index is 911. The summed E-state index contributed by atoms with van der Waals surface area (Å²) < 4.78 is 0. The Labute approximate surface area is 168 Å². The highest BCUT2D eigenvalue weighted by Gasteiger charge is 2.16. The van der Waals surface area contributed by atoms with E-state index in [1.807, 2.05) is 48.7 Å².